The molecule has 0 amide bonds. The lowest BCUT2D eigenvalue weighted by Gasteiger charge is -2.02. The molecule has 0 unspecified atom stereocenters. The molecule has 0 fully saturated rings. The van der Waals surface area contributed by atoms with E-state index < -0.39 is 4.92 Å². The summed E-state index contributed by atoms with van der Waals surface area (Å²) in [4.78, 5) is 10.4. The molecular formula is C11H10N4O2. The number of anilines is 1. The first-order valence-corrected chi connectivity index (χ1v) is 4.92. The Morgan fingerprint density at radius 2 is 2.00 bits per heavy atom. The van der Waals surface area contributed by atoms with E-state index in [9.17, 15) is 10.1 Å². The number of hydrogen-bond donors (Lipinski definition) is 1. The molecule has 0 bridgehead atoms. The normalized spacial score (nSPS) is 10.2. The summed E-state index contributed by atoms with van der Waals surface area (Å²) < 4.78 is 0. The predicted molar refractivity (Wildman–Crippen MR) is 63.3 cm³/mol. The van der Waals surface area contributed by atoms with Gasteiger partial charge in [0.25, 0.3) is 5.69 Å². The molecule has 2 aromatic rings. The van der Waals surface area contributed by atoms with Crippen molar-refractivity contribution in [1.29, 1.82) is 0 Å². The van der Waals surface area contributed by atoms with Crippen LogP contribution in [0.2, 0.25) is 0 Å². The Labute approximate surface area is 97.3 Å². The minimum absolute atomic E-state index is 0.0705. The van der Waals surface area contributed by atoms with Crippen LogP contribution in [0.15, 0.2) is 30.3 Å². The minimum atomic E-state index is -0.413. The van der Waals surface area contributed by atoms with Gasteiger partial charge in [0.1, 0.15) is 5.82 Å². The molecule has 2 N–H and O–H groups in total. The summed E-state index contributed by atoms with van der Waals surface area (Å²) in [7, 11) is 0. The number of nitrogen functional groups attached to an aromatic ring is 1. The van der Waals surface area contributed by atoms with Crippen molar-refractivity contribution in [1.82, 2.24) is 10.2 Å². The van der Waals surface area contributed by atoms with E-state index in [1.807, 2.05) is 0 Å². The van der Waals surface area contributed by atoms with Crippen LogP contribution in [0.25, 0.3) is 11.3 Å². The molecule has 0 radical (unpaired) electrons. The number of hydrogen-bond acceptors (Lipinski definition) is 5. The fourth-order valence-electron chi connectivity index (χ4n) is 1.46. The summed E-state index contributed by atoms with van der Waals surface area (Å²) in [6, 6.07) is 8.22. The lowest BCUT2D eigenvalue weighted by atomic mass is 10.1. The van der Waals surface area contributed by atoms with Crippen molar-refractivity contribution in [2.45, 2.75) is 6.92 Å². The van der Waals surface area contributed by atoms with Crippen LogP contribution in [0.1, 0.15) is 5.56 Å². The SMILES string of the molecule is Cc1ccc(-c2ccc(N)nn2)cc1[N+](=O)[O-]. The van der Waals surface area contributed by atoms with Gasteiger partial charge in [0.05, 0.1) is 10.6 Å². The largest absolute Gasteiger partial charge is 0.382 e. The van der Waals surface area contributed by atoms with Gasteiger partial charge in [-0.25, -0.2) is 0 Å². The third-order valence-electron chi connectivity index (χ3n) is 2.39. The monoisotopic (exact) mass is 230 g/mol. The standard InChI is InChI=1S/C11H10N4O2/c1-7-2-3-8(6-10(7)15(16)17)9-4-5-11(12)14-13-9/h2-6H,1H3,(H2,12,14). The van der Waals surface area contributed by atoms with E-state index in [1.54, 1.807) is 31.2 Å². The molecule has 0 atom stereocenters. The maximum absolute atomic E-state index is 10.8. The summed E-state index contributed by atoms with van der Waals surface area (Å²) in [5.74, 6) is 0.315. The Morgan fingerprint density at radius 3 is 2.59 bits per heavy atom. The molecule has 86 valence electrons. The van der Waals surface area contributed by atoms with Crippen LogP contribution < -0.4 is 5.73 Å². The van der Waals surface area contributed by atoms with Crippen LogP contribution in [-0.2, 0) is 0 Å². The van der Waals surface area contributed by atoms with Crippen molar-refractivity contribution in [3.8, 4) is 11.3 Å². The molecule has 0 aliphatic carbocycles. The fourth-order valence-corrected chi connectivity index (χ4v) is 1.46. The van der Waals surface area contributed by atoms with E-state index in [2.05, 4.69) is 10.2 Å². The van der Waals surface area contributed by atoms with Crippen LogP contribution in [0.4, 0.5) is 11.5 Å². The van der Waals surface area contributed by atoms with E-state index in [0.717, 1.165) is 0 Å². The molecule has 1 aromatic heterocycles. The second-order valence-corrected chi connectivity index (χ2v) is 3.60. The van der Waals surface area contributed by atoms with Crippen molar-refractivity contribution in [2.75, 3.05) is 5.73 Å². The Kier molecular flexibility index (Phi) is 2.70. The lowest BCUT2D eigenvalue weighted by Crippen LogP contribution is -1.95. The van der Waals surface area contributed by atoms with E-state index in [-0.39, 0.29) is 5.69 Å². The van der Waals surface area contributed by atoms with Gasteiger partial charge in [-0.15, -0.1) is 10.2 Å². The number of nitrogens with two attached hydrogens (primary N) is 1. The summed E-state index contributed by atoms with van der Waals surface area (Å²) in [5.41, 5.74) is 7.31. The molecule has 0 saturated heterocycles. The number of aromatic nitrogens is 2. The van der Waals surface area contributed by atoms with Crippen molar-refractivity contribution in [2.24, 2.45) is 0 Å². The fraction of sp³-hybridized carbons (Fsp3) is 0.0909. The minimum Gasteiger partial charge on any atom is -0.382 e. The molecule has 6 heteroatoms. The summed E-state index contributed by atoms with van der Waals surface area (Å²) >= 11 is 0. The average Bonchev–Trinajstić information content (AvgIpc) is 2.30. The highest BCUT2D eigenvalue weighted by molar-refractivity contribution is 5.64. The van der Waals surface area contributed by atoms with Gasteiger partial charge in [-0.2, -0.15) is 0 Å². The molecule has 1 aromatic carbocycles. The number of benzene rings is 1. The van der Waals surface area contributed by atoms with E-state index in [1.165, 1.54) is 6.07 Å². The predicted octanol–water partition coefficient (Wildman–Crippen LogP) is 1.94. The molecule has 2 rings (SSSR count). The van der Waals surface area contributed by atoms with Crippen LogP contribution in [0, 0.1) is 17.0 Å². The summed E-state index contributed by atoms with van der Waals surface area (Å²) in [5, 5.41) is 18.4. The van der Waals surface area contributed by atoms with Gasteiger partial charge < -0.3 is 5.73 Å². The van der Waals surface area contributed by atoms with Crippen molar-refractivity contribution in [3.05, 3.63) is 46.0 Å². The number of nitrogens with zero attached hydrogens (tertiary/aromatic N) is 3. The summed E-state index contributed by atoms with van der Waals surface area (Å²) in [6.07, 6.45) is 0. The first kappa shape index (κ1) is 11.0. The van der Waals surface area contributed by atoms with Gasteiger partial charge >= 0.3 is 0 Å². The number of aryl methyl sites for hydroxylation is 1. The highest BCUT2D eigenvalue weighted by atomic mass is 16.6. The zero-order valence-electron chi connectivity index (χ0n) is 9.12. The van der Waals surface area contributed by atoms with Gasteiger partial charge in [-0.3, -0.25) is 10.1 Å². The highest BCUT2D eigenvalue weighted by Crippen LogP contribution is 2.25. The zero-order valence-corrected chi connectivity index (χ0v) is 9.12. The van der Waals surface area contributed by atoms with Gasteiger partial charge in [-0.05, 0) is 19.1 Å². The molecule has 0 aliphatic heterocycles. The van der Waals surface area contributed by atoms with Crippen molar-refractivity contribution in [3.63, 3.8) is 0 Å². The van der Waals surface area contributed by atoms with Gasteiger partial charge in [-0.1, -0.05) is 12.1 Å². The van der Waals surface area contributed by atoms with Gasteiger partial charge in [0.2, 0.25) is 0 Å². The van der Waals surface area contributed by atoms with Crippen molar-refractivity contribution < 1.29 is 4.92 Å². The Bertz CT molecular complexity index is 566. The molecule has 6 nitrogen and oxygen atoms in total. The van der Waals surface area contributed by atoms with E-state index in [4.69, 9.17) is 5.73 Å². The highest BCUT2D eigenvalue weighted by Gasteiger charge is 2.12. The molecule has 0 spiro atoms. The maximum Gasteiger partial charge on any atom is 0.272 e. The topological polar surface area (TPSA) is 94.9 Å². The molecule has 17 heavy (non-hydrogen) atoms. The molecule has 0 saturated carbocycles. The average molecular weight is 230 g/mol. The number of nitro benzene ring substituents is 1. The first-order chi connectivity index (χ1) is 8.08. The number of nitro groups is 1. The molecule has 1 heterocycles. The third-order valence-corrected chi connectivity index (χ3v) is 2.39. The second-order valence-electron chi connectivity index (χ2n) is 3.60. The third kappa shape index (κ3) is 2.20. The Balaban J connectivity index is 2.50. The van der Waals surface area contributed by atoms with Gasteiger partial charge in [0.15, 0.2) is 0 Å². The maximum atomic E-state index is 10.8. The molecular weight excluding hydrogens is 220 g/mol. The molecule has 0 aliphatic rings. The van der Waals surface area contributed by atoms with E-state index in [0.29, 0.717) is 22.6 Å². The van der Waals surface area contributed by atoms with Crippen molar-refractivity contribution >= 4 is 11.5 Å². The first-order valence-electron chi connectivity index (χ1n) is 4.92. The Hall–Kier alpha value is -2.50. The summed E-state index contributed by atoms with van der Waals surface area (Å²) in [6.45, 7) is 1.69. The quantitative estimate of drug-likeness (QED) is 0.628. The van der Waals surface area contributed by atoms with Crippen LogP contribution >= 0.6 is 0 Å². The number of rotatable bonds is 2. The smallest absolute Gasteiger partial charge is 0.272 e. The van der Waals surface area contributed by atoms with Crippen LogP contribution in [0.3, 0.4) is 0 Å². The zero-order chi connectivity index (χ0) is 12.4. The van der Waals surface area contributed by atoms with Gasteiger partial charge in [0, 0.05) is 17.2 Å². The lowest BCUT2D eigenvalue weighted by molar-refractivity contribution is -0.385. The van der Waals surface area contributed by atoms with E-state index >= 15 is 0 Å². The van der Waals surface area contributed by atoms with Crippen LogP contribution in [0.5, 0.6) is 0 Å². The Morgan fingerprint density at radius 1 is 1.24 bits per heavy atom. The second kappa shape index (κ2) is 4.17. The van der Waals surface area contributed by atoms with Crippen LogP contribution in [-0.4, -0.2) is 15.1 Å².